The molecule has 0 spiro atoms. The largest absolute Gasteiger partial charge is 0.368 e. The van der Waals surface area contributed by atoms with Gasteiger partial charge in [-0.3, -0.25) is 28.9 Å². The maximum atomic E-state index is 14.2. The average Bonchev–Trinajstić information content (AvgIpc) is 3.80. The van der Waals surface area contributed by atoms with Crippen molar-refractivity contribution in [2.24, 2.45) is 30.4 Å². The summed E-state index contributed by atoms with van der Waals surface area (Å²) in [4.78, 5) is 46.0. The lowest BCUT2D eigenvalue weighted by Gasteiger charge is -2.35. The van der Waals surface area contributed by atoms with Gasteiger partial charge in [0.2, 0.25) is 17.6 Å². The second kappa shape index (κ2) is 14.6. The molecular formula is C35H39N11O3. The van der Waals surface area contributed by atoms with Crippen molar-refractivity contribution in [3.63, 3.8) is 0 Å². The van der Waals surface area contributed by atoms with E-state index in [0.29, 0.717) is 48.2 Å². The molecule has 1 aliphatic carbocycles. The number of pyridine rings is 1. The minimum Gasteiger partial charge on any atom is -0.368 e. The molecule has 2 aromatic carbocycles. The lowest BCUT2D eigenvalue weighted by Crippen LogP contribution is -2.52. The van der Waals surface area contributed by atoms with Crippen molar-refractivity contribution in [2.75, 3.05) is 16.8 Å². The van der Waals surface area contributed by atoms with Crippen LogP contribution in [0, 0.1) is 18.8 Å². The number of benzene rings is 2. The van der Waals surface area contributed by atoms with E-state index in [1.165, 1.54) is 0 Å². The van der Waals surface area contributed by atoms with Gasteiger partial charge < -0.3 is 16.8 Å². The van der Waals surface area contributed by atoms with E-state index in [0.717, 1.165) is 35.1 Å². The Morgan fingerprint density at radius 3 is 2.33 bits per heavy atom. The van der Waals surface area contributed by atoms with Gasteiger partial charge in [-0.15, -0.1) is 10.2 Å². The Hall–Kier alpha value is -5.76. The topological polar surface area (TPSA) is 204 Å². The lowest BCUT2D eigenvalue weighted by atomic mass is 9.81. The Bertz CT molecular complexity index is 1910. The molecule has 0 saturated heterocycles. The normalized spacial score (nSPS) is 16.6. The monoisotopic (exact) mass is 661 g/mol. The van der Waals surface area contributed by atoms with Crippen molar-refractivity contribution in [2.45, 2.75) is 45.1 Å². The average molecular weight is 662 g/mol. The standard InChI is InChI=1S/C35H39N11O3/c1-21-17-29(34(48)39-31-15-16-45(2)42-31)38-20-28(21)24-7-3-22(4-8-24)18-30(32(37)47)46(35(49)26-9-5-23(19-36)6-10-26)27-13-11-25(12-14-27)33-40-43-44-41-33/h3-4,7-8,11-17,20,23,26,30H,5-6,9-10,18-19,36H2,1-2H3,(H2,37,47)(H,39,42,48)(H,40,41,43,44)/t23?,26?,30-/m0/s1. The summed E-state index contributed by atoms with van der Waals surface area (Å²) >= 11 is 0. The summed E-state index contributed by atoms with van der Waals surface area (Å²) in [5, 5.41) is 21.0. The van der Waals surface area contributed by atoms with Crippen LogP contribution in [0.25, 0.3) is 22.5 Å². The predicted octanol–water partition coefficient (Wildman–Crippen LogP) is 3.42. The van der Waals surface area contributed by atoms with Gasteiger partial charge in [-0.05, 0) is 97.3 Å². The third-order valence-electron chi connectivity index (χ3n) is 9.15. The highest BCUT2D eigenvalue weighted by atomic mass is 16.2. The van der Waals surface area contributed by atoms with Crippen LogP contribution in [0.4, 0.5) is 11.5 Å². The van der Waals surface area contributed by atoms with E-state index >= 15 is 0 Å². The molecule has 1 fully saturated rings. The molecule has 0 bridgehead atoms. The number of nitrogens with one attached hydrogen (secondary N) is 2. The van der Waals surface area contributed by atoms with Crippen LogP contribution in [-0.2, 0) is 23.1 Å². The number of nitrogens with zero attached hydrogens (tertiary/aromatic N) is 7. The molecule has 14 heteroatoms. The second-order valence-electron chi connectivity index (χ2n) is 12.5. The maximum Gasteiger partial charge on any atom is 0.275 e. The molecule has 0 unspecified atom stereocenters. The first-order valence-corrected chi connectivity index (χ1v) is 16.2. The third kappa shape index (κ3) is 7.54. The van der Waals surface area contributed by atoms with Crippen LogP contribution >= 0.6 is 0 Å². The number of aryl methyl sites for hydroxylation is 2. The van der Waals surface area contributed by atoms with Crippen molar-refractivity contribution < 1.29 is 14.4 Å². The van der Waals surface area contributed by atoms with E-state index in [1.807, 2.05) is 31.2 Å². The number of hydrogen-bond donors (Lipinski definition) is 4. The van der Waals surface area contributed by atoms with Gasteiger partial charge in [0.25, 0.3) is 5.91 Å². The molecule has 0 radical (unpaired) electrons. The van der Waals surface area contributed by atoms with Gasteiger partial charge in [-0.1, -0.05) is 24.3 Å². The van der Waals surface area contributed by atoms with Gasteiger partial charge in [0, 0.05) is 54.7 Å². The molecule has 0 aliphatic heterocycles. The van der Waals surface area contributed by atoms with Crippen molar-refractivity contribution in [3.8, 4) is 22.5 Å². The van der Waals surface area contributed by atoms with Gasteiger partial charge in [0.05, 0.1) is 0 Å². The summed E-state index contributed by atoms with van der Waals surface area (Å²) < 4.78 is 1.60. The number of aromatic amines is 1. The van der Waals surface area contributed by atoms with Crippen molar-refractivity contribution in [3.05, 3.63) is 89.9 Å². The van der Waals surface area contributed by atoms with Crippen LogP contribution in [0.3, 0.4) is 0 Å². The van der Waals surface area contributed by atoms with Gasteiger partial charge in [0.1, 0.15) is 11.7 Å². The Balaban J connectivity index is 1.23. The van der Waals surface area contributed by atoms with Gasteiger partial charge in [0.15, 0.2) is 5.82 Å². The molecule has 14 nitrogen and oxygen atoms in total. The molecule has 3 aromatic heterocycles. The molecule has 3 amide bonds. The Morgan fingerprint density at radius 2 is 1.73 bits per heavy atom. The Kier molecular flexibility index (Phi) is 9.85. The van der Waals surface area contributed by atoms with Crippen molar-refractivity contribution in [1.29, 1.82) is 0 Å². The van der Waals surface area contributed by atoms with Crippen LogP contribution in [0.2, 0.25) is 0 Å². The summed E-state index contributed by atoms with van der Waals surface area (Å²) in [6, 6.07) is 17.4. The Morgan fingerprint density at radius 1 is 1.02 bits per heavy atom. The summed E-state index contributed by atoms with van der Waals surface area (Å²) in [6.07, 6.45) is 6.77. The smallest absolute Gasteiger partial charge is 0.275 e. The van der Waals surface area contributed by atoms with E-state index < -0.39 is 11.9 Å². The number of amides is 3. The van der Waals surface area contributed by atoms with E-state index in [1.54, 1.807) is 65.4 Å². The van der Waals surface area contributed by atoms with Crippen LogP contribution < -0.4 is 21.7 Å². The zero-order valence-electron chi connectivity index (χ0n) is 27.4. The summed E-state index contributed by atoms with van der Waals surface area (Å²) in [5.74, 6) is -0.0570. The quantitative estimate of drug-likeness (QED) is 0.163. The maximum absolute atomic E-state index is 14.2. The van der Waals surface area contributed by atoms with Gasteiger partial charge >= 0.3 is 0 Å². The van der Waals surface area contributed by atoms with E-state index in [9.17, 15) is 14.4 Å². The number of anilines is 2. The second-order valence-corrected chi connectivity index (χ2v) is 12.5. The molecule has 252 valence electrons. The third-order valence-corrected chi connectivity index (χ3v) is 9.15. The molecule has 1 aliphatic rings. The highest BCUT2D eigenvalue weighted by Crippen LogP contribution is 2.33. The number of rotatable bonds is 11. The number of hydrogen-bond acceptors (Lipinski definition) is 9. The molecule has 1 atom stereocenters. The number of H-pyrrole nitrogens is 1. The SMILES string of the molecule is Cc1cc(C(=O)Nc2ccn(C)n2)ncc1-c1ccc(C[C@@H](C(N)=O)N(C(=O)C2CCC(CN)CC2)c2ccc(-c3nn[nH]n3)cc2)cc1. The molecule has 49 heavy (non-hydrogen) atoms. The highest BCUT2D eigenvalue weighted by Gasteiger charge is 2.36. The van der Waals surface area contributed by atoms with Crippen molar-refractivity contribution in [1.82, 2.24) is 35.4 Å². The molecule has 6 rings (SSSR count). The van der Waals surface area contributed by atoms with Crippen LogP contribution in [-0.4, -0.2) is 65.7 Å². The summed E-state index contributed by atoms with van der Waals surface area (Å²) in [6.45, 7) is 2.52. The number of carbonyl (C=O) groups is 3. The first kappa shape index (κ1) is 33.2. The molecular weight excluding hydrogens is 622 g/mol. The number of primary amides is 1. The first-order chi connectivity index (χ1) is 23.7. The first-order valence-electron chi connectivity index (χ1n) is 16.2. The van der Waals surface area contributed by atoms with E-state index in [2.05, 4.69) is 36.0 Å². The van der Waals surface area contributed by atoms with E-state index in [4.69, 9.17) is 11.5 Å². The Labute approximate surface area is 283 Å². The predicted molar refractivity (Wildman–Crippen MR) is 184 cm³/mol. The number of tetrazole rings is 1. The zero-order chi connectivity index (χ0) is 34.5. The summed E-state index contributed by atoms with van der Waals surface area (Å²) in [5.41, 5.74) is 17.0. The number of carbonyl (C=O) groups excluding carboxylic acids is 3. The van der Waals surface area contributed by atoms with Gasteiger partial charge in [-0.2, -0.15) is 10.3 Å². The number of nitrogens with two attached hydrogens (primary N) is 2. The van der Waals surface area contributed by atoms with Crippen LogP contribution in [0.1, 0.15) is 47.3 Å². The van der Waals surface area contributed by atoms with E-state index in [-0.39, 0.29) is 29.8 Å². The molecule has 6 N–H and O–H groups in total. The fourth-order valence-corrected chi connectivity index (χ4v) is 6.37. The minimum absolute atomic E-state index is 0.128. The molecule has 1 saturated carbocycles. The zero-order valence-corrected chi connectivity index (χ0v) is 27.4. The minimum atomic E-state index is -0.929. The fraction of sp³-hybridized carbons (Fsp3) is 0.314. The summed E-state index contributed by atoms with van der Waals surface area (Å²) in [7, 11) is 1.77. The number of aromatic nitrogens is 7. The lowest BCUT2D eigenvalue weighted by molar-refractivity contribution is -0.127. The molecule has 3 heterocycles. The fourth-order valence-electron chi connectivity index (χ4n) is 6.37. The van der Waals surface area contributed by atoms with Gasteiger partial charge in [-0.25, -0.2) is 0 Å². The highest BCUT2D eigenvalue weighted by molar-refractivity contribution is 6.03. The van der Waals surface area contributed by atoms with Crippen LogP contribution in [0.5, 0.6) is 0 Å². The molecule has 5 aromatic rings. The van der Waals surface area contributed by atoms with Crippen LogP contribution in [0.15, 0.2) is 73.1 Å². The van der Waals surface area contributed by atoms with Crippen molar-refractivity contribution >= 4 is 29.2 Å².